The summed E-state index contributed by atoms with van der Waals surface area (Å²) in [4.78, 5) is 26.7. The fourth-order valence-corrected chi connectivity index (χ4v) is 3.85. The Bertz CT molecular complexity index is 840. The molecule has 1 saturated heterocycles. The molecule has 6 heteroatoms. The molecule has 3 rings (SSSR count). The number of nitrogens with one attached hydrogen (secondary N) is 2. The van der Waals surface area contributed by atoms with Crippen LogP contribution < -0.4 is 10.6 Å². The van der Waals surface area contributed by atoms with E-state index in [0.717, 1.165) is 36.4 Å². The van der Waals surface area contributed by atoms with E-state index in [-0.39, 0.29) is 11.8 Å². The fourth-order valence-electron chi connectivity index (χ4n) is 3.64. The maximum Gasteiger partial charge on any atom is 0.251 e. The first kappa shape index (κ1) is 20.4. The summed E-state index contributed by atoms with van der Waals surface area (Å²) in [5, 5.41) is 6.46. The Labute approximate surface area is 171 Å². The zero-order chi connectivity index (χ0) is 19.9. The SMILES string of the molecule is CCNC(=O)c1cccc(NC(=O)CN2CCCC2Cc2ccccc2Cl)c1. The van der Waals surface area contributed by atoms with Gasteiger partial charge in [0.05, 0.1) is 6.54 Å². The van der Waals surface area contributed by atoms with Crippen molar-refractivity contribution in [3.63, 3.8) is 0 Å². The van der Waals surface area contributed by atoms with E-state index in [1.54, 1.807) is 24.3 Å². The lowest BCUT2D eigenvalue weighted by molar-refractivity contribution is -0.117. The lowest BCUT2D eigenvalue weighted by Crippen LogP contribution is -2.38. The summed E-state index contributed by atoms with van der Waals surface area (Å²) < 4.78 is 0. The van der Waals surface area contributed by atoms with Crippen molar-refractivity contribution in [2.45, 2.75) is 32.2 Å². The van der Waals surface area contributed by atoms with Crippen molar-refractivity contribution in [1.29, 1.82) is 0 Å². The van der Waals surface area contributed by atoms with Gasteiger partial charge in [0.25, 0.3) is 5.91 Å². The van der Waals surface area contributed by atoms with Crippen LogP contribution in [-0.2, 0) is 11.2 Å². The third-order valence-electron chi connectivity index (χ3n) is 5.00. The second-order valence-electron chi connectivity index (χ2n) is 7.05. The smallest absolute Gasteiger partial charge is 0.251 e. The number of likely N-dealkylation sites (tertiary alicyclic amines) is 1. The second kappa shape index (κ2) is 9.71. The summed E-state index contributed by atoms with van der Waals surface area (Å²) in [6.07, 6.45) is 2.99. The summed E-state index contributed by atoms with van der Waals surface area (Å²) in [7, 11) is 0. The molecule has 0 bridgehead atoms. The molecule has 5 nitrogen and oxygen atoms in total. The van der Waals surface area contributed by atoms with E-state index in [4.69, 9.17) is 11.6 Å². The minimum Gasteiger partial charge on any atom is -0.352 e. The van der Waals surface area contributed by atoms with Gasteiger partial charge in [-0.05, 0) is 62.6 Å². The molecule has 2 aromatic carbocycles. The van der Waals surface area contributed by atoms with Gasteiger partial charge in [-0.1, -0.05) is 35.9 Å². The number of benzene rings is 2. The van der Waals surface area contributed by atoms with Gasteiger partial charge in [-0.25, -0.2) is 0 Å². The first-order chi connectivity index (χ1) is 13.6. The Morgan fingerprint density at radius 2 is 2.00 bits per heavy atom. The minimum atomic E-state index is -0.141. The highest BCUT2D eigenvalue weighted by Gasteiger charge is 2.27. The van der Waals surface area contributed by atoms with Crippen molar-refractivity contribution in [1.82, 2.24) is 10.2 Å². The van der Waals surface area contributed by atoms with E-state index >= 15 is 0 Å². The zero-order valence-corrected chi connectivity index (χ0v) is 16.8. The van der Waals surface area contributed by atoms with Crippen LogP contribution in [0, 0.1) is 0 Å². The summed E-state index contributed by atoms with van der Waals surface area (Å²) in [5.74, 6) is -0.211. The van der Waals surface area contributed by atoms with Crippen LogP contribution in [0.25, 0.3) is 0 Å². The number of carbonyl (C=O) groups is 2. The molecule has 0 aliphatic carbocycles. The molecule has 1 fully saturated rings. The first-order valence-corrected chi connectivity index (χ1v) is 10.1. The second-order valence-corrected chi connectivity index (χ2v) is 7.46. The lowest BCUT2D eigenvalue weighted by atomic mass is 10.0. The summed E-state index contributed by atoms with van der Waals surface area (Å²) in [5.41, 5.74) is 2.30. The summed E-state index contributed by atoms with van der Waals surface area (Å²) in [6.45, 7) is 3.68. The van der Waals surface area contributed by atoms with Crippen molar-refractivity contribution in [2.24, 2.45) is 0 Å². The van der Waals surface area contributed by atoms with Gasteiger partial charge in [0.2, 0.25) is 5.91 Å². The molecular formula is C22H26ClN3O2. The van der Waals surface area contributed by atoms with Gasteiger partial charge < -0.3 is 10.6 Å². The molecule has 1 aliphatic rings. The number of rotatable bonds is 7. The maximum atomic E-state index is 12.6. The highest BCUT2D eigenvalue weighted by atomic mass is 35.5. The number of hydrogen-bond acceptors (Lipinski definition) is 3. The number of anilines is 1. The van der Waals surface area contributed by atoms with Crippen molar-refractivity contribution in [3.8, 4) is 0 Å². The highest BCUT2D eigenvalue weighted by molar-refractivity contribution is 6.31. The van der Waals surface area contributed by atoms with Crippen LogP contribution in [0.4, 0.5) is 5.69 Å². The Balaban J connectivity index is 1.59. The molecule has 0 spiro atoms. The Hall–Kier alpha value is -2.37. The summed E-state index contributed by atoms with van der Waals surface area (Å²) in [6, 6.07) is 15.2. The molecule has 1 unspecified atom stereocenters. The van der Waals surface area contributed by atoms with E-state index in [0.29, 0.717) is 30.4 Å². The third-order valence-corrected chi connectivity index (χ3v) is 5.37. The van der Waals surface area contributed by atoms with Crippen molar-refractivity contribution in [2.75, 3.05) is 25.0 Å². The number of amides is 2. The van der Waals surface area contributed by atoms with E-state index in [2.05, 4.69) is 15.5 Å². The van der Waals surface area contributed by atoms with Crippen molar-refractivity contribution >= 4 is 29.1 Å². The predicted molar refractivity (Wildman–Crippen MR) is 113 cm³/mol. The Morgan fingerprint density at radius 3 is 2.79 bits per heavy atom. The molecule has 1 aliphatic heterocycles. The van der Waals surface area contributed by atoms with Gasteiger partial charge in [0, 0.05) is 28.9 Å². The van der Waals surface area contributed by atoms with Crippen LogP contribution in [-0.4, -0.2) is 42.4 Å². The van der Waals surface area contributed by atoms with Gasteiger partial charge in [-0.3, -0.25) is 14.5 Å². The zero-order valence-electron chi connectivity index (χ0n) is 16.1. The molecular weight excluding hydrogens is 374 g/mol. The van der Waals surface area contributed by atoms with Gasteiger partial charge in [0.1, 0.15) is 0 Å². The van der Waals surface area contributed by atoms with Crippen LogP contribution in [0.3, 0.4) is 0 Å². The molecule has 28 heavy (non-hydrogen) atoms. The molecule has 2 amide bonds. The number of hydrogen-bond donors (Lipinski definition) is 2. The minimum absolute atomic E-state index is 0.0703. The quantitative estimate of drug-likeness (QED) is 0.745. The fraction of sp³-hybridized carbons (Fsp3) is 0.364. The standard InChI is InChI=1S/C22H26ClN3O2/c1-2-24-22(28)17-8-5-9-18(13-17)25-21(27)15-26-12-6-10-19(26)14-16-7-3-4-11-20(16)23/h3-5,7-9,11,13,19H,2,6,10,12,14-15H2,1H3,(H,24,28)(H,25,27). The number of nitrogens with zero attached hydrogens (tertiary/aromatic N) is 1. The number of halogens is 1. The largest absolute Gasteiger partial charge is 0.352 e. The molecule has 1 heterocycles. The van der Waals surface area contributed by atoms with Crippen molar-refractivity contribution in [3.05, 3.63) is 64.7 Å². The molecule has 0 radical (unpaired) electrons. The molecule has 2 aromatic rings. The van der Waals surface area contributed by atoms with E-state index < -0.39 is 0 Å². The highest BCUT2D eigenvalue weighted by Crippen LogP contribution is 2.24. The lowest BCUT2D eigenvalue weighted by Gasteiger charge is -2.24. The predicted octanol–water partition coefficient (Wildman–Crippen LogP) is 3.74. The van der Waals surface area contributed by atoms with Gasteiger partial charge in [-0.2, -0.15) is 0 Å². The van der Waals surface area contributed by atoms with Crippen LogP contribution >= 0.6 is 11.6 Å². The molecule has 1 atom stereocenters. The molecule has 0 saturated carbocycles. The first-order valence-electron chi connectivity index (χ1n) is 9.72. The average molecular weight is 400 g/mol. The molecule has 2 N–H and O–H groups in total. The van der Waals surface area contributed by atoms with Crippen LogP contribution in [0.5, 0.6) is 0 Å². The molecule has 0 aromatic heterocycles. The number of carbonyl (C=O) groups excluding carboxylic acids is 2. The van der Waals surface area contributed by atoms with Crippen LogP contribution in [0.15, 0.2) is 48.5 Å². The molecule has 148 valence electrons. The Kier molecular flexibility index (Phi) is 7.06. The van der Waals surface area contributed by atoms with Crippen LogP contribution in [0.2, 0.25) is 5.02 Å². The average Bonchev–Trinajstić information content (AvgIpc) is 3.10. The normalized spacial score (nSPS) is 16.7. The van der Waals surface area contributed by atoms with Crippen LogP contribution in [0.1, 0.15) is 35.7 Å². The summed E-state index contributed by atoms with van der Waals surface area (Å²) >= 11 is 6.30. The van der Waals surface area contributed by atoms with Gasteiger partial charge in [-0.15, -0.1) is 0 Å². The third kappa shape index (κ3) is 5.33. The monoisotopic (exact) mass is 399 g/mol. The van der Waals surface area contributed by atoms with Gasteiger partial charge in [0.15, 0.2) is 0 Å². The van der Waals surface area contributed by atoms with E-state index in [9.17, 15) is 9.59 Å². The van der Waals surface area contributed by atoms with E-state index in [1.165, 1.54) is 0 Å². The van der Waals surface area contributed by atoms with Crippen molar-refractivity contribution < 1.29 is 9.59 Å². The van der Waals surface area contributed by atoms with Gasteiger partial charge >= 0.3 is 0 Å². The maximum absolute atomic E-state index is 12.6. The van der Waals surface area contributed by atoms with E-state index in [1.807, 2.05) is 31.2 Å². The topological polar surface area (TPSA) is 61.4 Å². The Morgan fingerprint density at radius 1 is 1.18 bits per heavy atom.